The molecule has 2 atom stereocenters. The highest BCUT2D eigenvalue weighted by molar-refractivity contribution is 6.05. The molecule has 1 aliphatic carbocycles. The van der Waals surface area contributed by atoms with Gasteiger partial charge in [-0.25, -0.2) is 0 Å². The summed E-state index contributed by atoms with van der Waals surface area (Å²) in [5.41, 5.74) is 0.905. The Morgan fingerprint density at radius 2 is 1.77 bits per heavy atom. The highest BCUT2D eigenvalue weighted by atomic mass is 16.7. The van der Waals surface area contributed by atoms with E-state index in [1.807, 2.05) is 18.2 Å². The highest BCUT2D eigenvalue weighted by Crippen LogP contribution is 2.38. The average molecular weight is 358 g/mol. The number of rotatable bonds is 5. The number of nitrogens with zero attached hydrogens (tertiary/aromatic N) is 1. The number of carbonyl (C=O) groups excluding carboxylic acids is 3. The molecule has 4 rings (SSSR count). The van der Waals surface area contributed by atoms with Crippen LogP contribution in [0.1, 0.15) is 37.7 Å². The van der Waals surface area contributed by atoms with Crippen molar-refractivity contribution < 1.29 is 23.9 Å². The van der Waals surface area contributed by atoms with E-state index in [0.29, 0.717) is 18.0 Å². The Morgan fingerprint density at radius 1 is 1.08 bits per heavy atom. The van der Waals surface area contributed by atoms with E-state index in [-0.39, 0.29) is 49.3 Å². The second-order valence-corrected chi connectivity index (χ2v) is 7.04. The van der Waals surface area contributed by atoms with E-state index >= 15 is 0 Å². The van der Waals surface area contributed by atoms with Crippen molar-refractivity contribution in [2.24, 2.45) is 11.8 Å². The van der Waals surface area contributed by atoms with Gasteiger partial charge in [-0.1, -0.05) is 18.9 Å². The second-order valence-electron chi connectivity index (χ2n) is 7.04. The van der Waals surface area contributed by atoms with Crippen molar-refractivity contribution >= 4 is 17.7 Å². The second kappa shape index (κ2) is 6.97. The molecule has 7 nitrogen and oxygen atoms in total. The smallest absolute Gasteiger partial charge is 0.233 e. The van der Waals surface area contributed by atoms with Crippen LogP contribution in [0.2, 0.25) is 0 Å². The van der Waals surface area contributed by atoms with Crippen LogP contribution in [0, 0.1) is 11.8 Å². The van der Waals surface area contributed by atoms with Crippen molar-refractivity contribution in [2.45, 2.75) is 38.6 Å². The molecule has 3 aliphatic rings. The maximum Gasteiger partial charge on any atom is 0.233 e. The van der Waals surface area contributed by atoms with Crippen LogP contribution in [0.15, 0.2) is 18.2 Å². The molecule has 3 amide bonds. The van der Waals surface area contributed by atoms with Crippen LogP contribution in [-0.4, -0.2) is 36.0 Å². The van der Waals surface area contributed by atoms with Crippen LogP contribution >= 0.6 is 0 Å². The van der Waals surface area contributed by atoms with Crippen molar-refractivity contribution in [2.75, 3.05) is 13.3 Å². The number of imide groups is 1. The first-order chi connectivity index (χ1) is 12.6. The Bertz CT molecular complexity index is 723. The summed E-state index contributed by atoms with van der Waals surface area (Å²) >= 11 is 0. The molecule has 0 radical (unpaired) electrons. The fourth-order valence-corrected chi connectivity index (χ4v) is 4.00. The number of hydrogen-bond donors (Lipinski definition) is 1. The Kier molecular flexibility index (Phi) is 4.53. The summed E-state index contributed by atoms with van der Waals surface area (Å²) in [4.78, 5) is 38.2. The van der Waals surface area contributed by atoms with Gasteiger partial charge in [0.25, 0.3) is 0 Å². The Morgan fingerprint density at radius 3 is 2.50 bits per heavy atom. The SMILES string of the molecule is O=C(CCN1C(=O)C2CCCCC2C1=O)NCc1ccc2c(c1)OCO2. The van der Waals surface area contributed by atoms with Gasteiger partial charge >= 0.3 is 0 Å². The number of carbonyl (C=O) groups is 3. The van der Waals surface area contributed by atoms with Gasteiger partial charge in [0.05, 0.1) is 11.8 Å². The van der Waals surface area contributed by atoms with Crippen LogP contribution < -0.4 is 14.8 Å². The summed E-state index contributed by atoms with van der Waals surface area (Å²) < 4.78 is 10.6. The molecule has 2 fully saturated rings. The predicted molar refractivity (Wildman–Crippen MR) is 91.2 cm³/mol. The van der Waals surface area contributed by atoms with Crippen LogP contribution in [0.25, 0.3) is 0 Å². The lowest BCUT2D eigenvalue weighted by Crippen LogP contribution is -2.35. The maximum atomic E-state index is 12.4. The molecule has 0 spiro atoms. The monoisotopic (exact) mass is 358 g/mol. The van der Waals surface area contributed by atoms with Gasteiger partial charge in [0.2, 0.25) is 24.5 Å². The molecule has 26 heavy (non-hydrogen) atoms. The maximum absolute atomic E-state index is 12.4. The standard InChI is InChI=1S/C19H22N2O5/c22-17(20-10-12-5-6-15-16(9-12)26-11-25-15)7-8-21-18(23)13-3-1-2-4-14(13)19(21)24/h5-6,9,13-14H,1-4,7-8,10-11H2,(H,20,22). The molecular formula is C19H22N2O5. The van der Waals surface area contributed by atoms with Crippen molar-refractivity contribution in [3.05, 3.63) is 23.8 Å². The summed E-state index contributed by atoms with van der Waals surface area (Å²) in [5.74, 6) is 0.686. The molecule has 0 aromatic heterocycles. The predicted octanol–water partition coefficient (Wildman–Crippen LogP) is 1.60. The summed E-state index contributed by atoms with van der Waals surface area (Å²) in [5, 5.41) is 2.82. The fraction of sp³-hybridized carbons (Fsp3) is 0.526. The lowest BCUT2D eigenvalue weighted by molar-refractivity contribution is -0.140. The number of hydrogen-bond acceptors (Lipinski definition) is 5. The summed E-state index contributed by atoms with van der Waals surface area (Å²) in [7, 11) is 0. The average Bonchev–Trinajstić information content (AvgIpc) is 3.22. The molecule has 2 heterocycles. The summed E-state index contributed by atoms with van der Waals surface area (Å²) in [6.07, 6.45) is 3.72. The number of likely N-dealkylation sites (tertiary alicyclic amines) is 1. The number of benzene rings is 1. The molecular weight excluding hydrogens is 336 g/mol. The van der Waals surface area contributed by atoms with E-state index < -0.39 is 0 Å². The molecule has 0 bridgehead atoms. The van der Waals surface area contributed by atoms with Gasteiger partial charge in [-0.3, -0.25) is 19.3 Å². The Balaban J connectivity index is 1.27. The minimum atomic E-state index is -0.182. The molecule has 2 aliphatic heterocycles. The molecule has 1 aromatic carbocycles. The van der Waals surface area contributed by atoms with Gasteiger partial charge in [-0.05, 0) is 30.5 Å². The van der Waals surface area contributed by atoms with E-state index in [4.69, 9.17) is 9.47 Å². The fourth-order valence-electron chi connectivity index (χ4n) is 4.00. The summed E-state index contributed by atoms with van der Waals surface area (Å²) in [6, 6.07) is 5.51. The number of nitrogens with one attached hydrogen (secondary N) is 1. The van der Waals surface area contributed by atoms with Crippen molar-refractivity contribution in [3.8, 4) is 11.5 Å². The zero-order valence-electron chi connectivity index (χ0n) is 14.5. The largest absolute Gasteiger partial charge is 0.454 e. The van der Waals surface area contributed by atoms with Crippen LogP contribution in [-0.2, 0) is 20.9 Å². The molecule has 2 unspecified atom stereocenters. The molecule has 1 saturated heterocycles. The number of fused-ring (bicyclic) bond motifs is 2. The third kappa shape index (κ3) is 3.13. The Labute approximate surface area is 151 Å². The van der Waals surface area contributed by atoms with E-state index in [0.717, 1.165) is 31.2 Å². The van der Waals surface area contributed by atoms with Gasteiger partial charge in [-0.15, -0.1) is 0 Å². The van der Waals surface area contributed by atoms with E-state index in [9.17, 15) is 14.4 Å². The zero-order chi connectivity index (χ0) is 18.1. The Hall–Kier alpha value is -2.57. The van der Waals surface area contributed by atoms with Crippen molar-refractivity contribution in [1.29, 1.82) is 0 Å². The third-order valence-electron chi connectivity index (χ3n) is 5.42. The summed E-state index contributed by atoms with van der Waals surface area (Å²) in [6.45, 7) is 0.741. The minimum Gasteiger partial charge on any atom is -0.454 e. The van der Waals surface area contributed by atoms with E-state index in [2.05, 4.69) is 5.32 Å². The molecule has 1 saturated carbocycles. The lowest BCUT2D eigenvalue weighted by atomic mass is 9.81. The highest BCUT2D eigenvalue weighted by Gasteiger charge is 2.47. The zero-order valence-corrected chi connectivity index (χ0v) is 14.5. The molecule has 7 heteroatoms. The van der Waals surface area contributed by atoms with Gasteiger partial charge in [0, 0.05) is 19.5 Å². The number of amides is 3. The number of ether oxygens (including phenoxy) is 2. The van der Waals surface area contributed by atoms with Crippen LogP contribution in [0.5, 0.6) is 11.5 Å². The van der Waals surface area contributed by atoms with E-state index in [1.54, 1.807) is 0 Å². The van der Waals surface area contributed by atoms with Crippen molar-refractivity contribution in [3.63, 3.8) is 0 Å². The van der Waals surface area contributed by atoms with Crippen molar-refractivity contribution in [1.82, 2.24) is 10.2 Å². The van der Waals surface area contributed by atoms with Gasteiger partial charge in [0.1, 0.15) is 0 Å². The quantitative estimate of drug-likeness (QED) is 0.808. The molecule has 1 aromatic rings. The first-order valence-electron chi connectivity index (χ1n) is 9.14. The third-order valence-corrected chi connectivity index (χ3v) is 5.42. The normalized spacial score (nSPS) is 23.9. The topological polar surface area (TPSA) is 84.9 Å². The van der Waals surface area contributed by atoms with Crippen LogP contribution in [0.4, 0.5) is 0 Å². The first kappa shape index (κ1) is 16.9. The van der Waals surface area contributed by atoms with E-state index in [1.165, 1.54) is 4.90 Å². The minimum absolute atomic E-state index is 0.0942. The lowest BCUT2D eigenvalue weighted by Gasteiger charge is -2.19. The first-order valence-corrected chi connectivity index (χ1v) is 9.14. The van der Waals surface area contributed by atoms with Gasteiger partial charge < -0.3 is 14.8 Å². The molecule has 138 valence electrons. The van der Waals surface area contributed by atoms with Gasteiger partial charge in [-0.2, -0.15) is 0 Å². The van der Waals surface area contributed by atoms with Gasteiger partial charge in [0.15, 0.2) is 11.5 Å². The molecule has 1 N–H and O–H groups in total. The van der Waals surface area contributed by atoms with Crippen LogP contribution in [0.3, 0.4) is 0 Å².